The molecule has 2 saturated heterocycles. The zero-order valence-corrected chi connectivity index (χ0v) is 18.5. The van der Waals surface area contributed by atoms with Crippen LogP contribution in [0.25, 0.3) is 0 Å². The molecule has 0 N–H and O–H groups in total. The van der Waals surface area contributed by atoms with Gasteiger partial charge in [-0.25, -0.2) is 0 Å². The highest BCUT2D eigenvalue weighted by molar-refractivity contribution is 5.95. The van der Waals surface area contributed by atoms with E-state index in [9.17, 15) is 4.79 Å². The lowest BCUT2D eigenvalue weighted by Crippen LogP contribution is -2.52. The number of amides is 1. The van der Waals surface area contributed by atoms with Gasteiger partial charge >= 0.3 is 0 Å². The number of morpholine rings is 1. The van der Waals surface area contributed by atoms with E-state index in [1.54, 1.807) is 9.36 Å². The van der Waals surface area contributed by atoms with Gasteiger partial charge in [-0.15, -0.1) is 0 Å². The average Bonchev–Trinajstić information content (AvgIpc) is 3.22. The van der Waals surface area contributed by atoms with Crippen LogP contribution in [0.15, 0.2) is 18.6 Å². The number of carbonyl (C=O) groups is 1. The third kappa shape index (κ3) is 4.43. The second-order valence-electron chi connectivity index (χ2n) is 8.56. The molecule has 4 rings (SSSR count). The predicted molar refractivity (Wildman–Crippen MR) is 113 cm³/mol. The smallest absolute Gasteiger partial charge is 0.258 e. The minimum Gasteiger partial charge on any atom is -0.373 e. The van der Waals surface area contributed by atoms with Crippen molar-refractivity contribution < 1.29 is 9.53 Å². The van der Waals surface area contributed by atoms with Gasteiger partial charge in [0.05, 0.1) is 36.2 Å². The molecule has 0 aromatic carbocycles. The van der Waals surface area contributed by atoms with Crippen LogP contribution in [0.5, 0.6) is 0 Å². The molecule has 0 aliphatic carbocycles. The Labute approximate surface area is 178 Å². The van der Waals surface area contributed by atoms with Gasteiger partial charge in [0.1, 0.15) is 0 Å². The highest BCUT2D eigenvalue weighted by Gasteiger charge is 2.39. The molecule has 2 atom stereocenters. The number of hydrogen-bond acceptors (Lipinski definition) is 6. The number of likely N-dealkylation sites (N-methyl/N-ethyl adjacent to an activating group) is 1. The van der Waals surface area contributed by atoms with Crippen molar-refractivity contribution in [3.8, 4) is 0 Å². The molecule has 9 heteroatoms. The number of nitrogens with zero attached hydrogens (tertiary/aromatic N) is 7. The van der Waals surface area contributed by atoms with Gasteiger partial charge in [0.25, 0.3) is 5.91 Å². The predicted octanol–water partition coefficient (Wildman–Crippen LogP) is 0.682. The van der Waals surface area contributed by atoms with E-state index in [1.807, 2.05) is 44.5 Å². The largest absolute Gasteiger partial charge is 0.373 e. The molecule has 30 heavy (non-hydrogen) atoms. The summed E-state index contributed by atoms with van der Waals surface area (Å²) in [4.78, 5) is 20.3. The van der Waals surface area contributed by atoms with Crippen molar-refractivity contribution in [1.82, 2.24) is 34.3 Å². The fraction of sp³-hybridized carbons (Fsp3) is 0.667. The second-order valence-corrected chi connectivity index (χ2v) is 8.56. The SMILES string of the molecule is Cc1nn(C)cc1C(=O)N1CCO[C@@H](CN2CCCN(C)CC2)[C@@H]1c1cnn(C)c1. The fourth-order valence-corrected chi connectivity index (χ4v) is 4.60. The maximum absolute atomic E-state index is 13.5. The van der Waals surface area contributed by atoms with Gasteiger partial charge < -0.3 is 14.5 Å². The summed E-state index contributed by atoms with van der Waals surface area (Å²) < 4.78 is 9.76. The van der Waals surface area contributed by atoms with Crippen molar-refractivity contribution in [2.45, 2.75) is 25.5 Å². The second kappa shape index (κ2) is 8.87. The number of carbonyl (C=O) groups excluding carboxylic acids is 1. The molecule has 2 aliphatic rings. The number of hydrogen-bond donors (Lipinski definition) is 0. The topological polar surface area (TPSA) is 71.7 Å². The molecule has 2 fully saturated rings. The first-order valence-electron chi connectivity index (χ1n) is 10.7. The number of ether oxygens (including phenoxy) is 1. The Bertz CT molecular complexity index is 877. The van der Waals surface area contributed by atoms with Crippen LogP contribution in [0, 0.1) is 6.92 Å². The maximum atomic E-state index is 13.5. The highest BCUT2D eigenvalue weighted by atomic mass is 16.5. The molecule has 0 unspecified atom stereocenters. The quantitative estimate of drug-likeness (QED) is 0.732. The molecule has 0 radical (unpaired) electrons. The van der Waals surface area contributed by atoms with Crippen LogP contribution in [-0.2, 0) is 18.8 Å². The molecular formula is C21H33N7O2. The zero-order valence-electron chi connectivity index (χ0n) is 18.5. The Balaban J connectivity index is 1.60. The summed E-state index contributed by atoms with van der Waals surface area (Å²) in [5.41, 5.74) is 2.43. The lowest BCUT2D eigenvalue weighted by Gasteiger charge is -2.42. The van der Waals surface area contributed by atoms with E-state index in [1.165, 1.54) is 0 Å². The molecule has 0 bridgehead atoms. The highest BCUT2D eigenvalue weighted by Crippen LogP contribution is 2.32. The van der Waals surface area contributed by atoms with Crippen LogP contribution in [0.2, 0.25) is 0 Å². The summed E-state index contributed by atoms with van der Waals surface area (Å²) in [6.07, 6.45) is 6.73. The van der Waals surface area contributed by atoms with Gasteiger partial charge in [0, 0.05) is 58.2 Å². The maximum Gasteiger partial charge on any atom is 0.258 e. The van der Waals surface area contributed by atoms with Crippen molar-refractivity contribution >= 4 is 5.91 Å². The summed E-state index contributed by atoms with van der Waals surface area (Å²) in [6.45, 7) is 8.06. The van der Waals surface area contributed by atoms with Crippen LogP contribution in [-0.4, -0.2) is 99.2 Å². The van der Waals surface area contributed by atoms with Gasteiger partial charge in [-0.3, -0.25) is 19.1 Å². The Kier molecular flexibility index (Phi) is 6.21. The summed E-state index contributed by atoms with van der Waals surface area (Å²) in [6, 6.07) is -0.166. The summed E-state index contributed by atoms with van der Waals surface area (Å²) in [7, 11) is 5.93. The molecule has 1 amide bonds. The van der Waals surface area contributed by atoms with E-state index in [-0.39, 0.29) is 18.1 Å². The molecule has 2 aromatic heterocycles. The van der Waals surface area contributed by atoms with E-state index in [4.69, 9.17) is 4.74 Å². The van der Waals surface area contributed by atoms with Crippen LogP contribution in [0.4, 0.5) is 0 Å². The molecule has 4 heterocycles. The first-order valence-corrected chi connectivity index (χ1v) is 10.7. The molecule has 0 saturated carbocycles. The first kappa shape index (κ1) is 21.0. The number of aromatic nitrogens is 4. The lowest BCUT2D eigenvalue weighted by molar-refractivity contribution is -0.0723. The van der Waals surface area contributed by atoms with Gasteiger partial charge in [-0.05, 0) is 33.5 Å². The van der Waals surface area contributed by atoms with Crippen LogP contribution < -0.4 is 0 Å². The van der Waals surface area contributed by atoms with Gasteiger partial charge in [-0.1, -0.05) is 0 Å². The van der Waals surface area contributed by atoms with Gasteiger partial charge in [-0.2, -0.15) is 10.2 Å². The molecule has 2 aliphatic heterocycles. The molecule has 9 nitrogen and oxygen atoms in total. The number of rotatable bonds is 4. The van der Waals surface area contributed by atoms with Crippen LogP contribution in [0.1, 0.15) is 34.1 Å². The zero-order chi connectivity index (χ0) is 21.3. The lowest BCUT2D eigenvalue weighted by atomic mass is 9.99. The van der Waals surface area contributed by atoms with Gasteiger partial charge in [0.2, 0.25) is 0 Å². The monoisotopic (exact) mass is 415 g/mol. The summed E-state index contributed by atoms with van der Waals surface area (Å²) in [5, 5.41) is 8.74. The van der Waals surface area contributed by atoms with E-state index >= 15 is 0 Å². The van der Waals surface area contributed by atoms with Crippen LogP contribution in [0.3, 0.4) is 0 Å². The van der Waals surface area contributed by atoms with Crippen molar-refractivity contribution in [3.05, 3.63) is 35.4 Å². The third-order valence-corrected chi connectivity index (χ3v) is 6.17. The van der Waals surface area contributed by atoms with Crippen molar-refractivity contribution in [1.29, 1.82) is 0 Å². The molecular weight excluding hydrogens is 382 g/mol. The van der Waals surface area contributed by atoms with Crippen LogP contribution >= 0.6 is 0 Å². The third-order valence-electron chi connectivity index (χ3n) is 6.17. The van der Waals surface area contributed by atoms with Crippen molar-refractivity contribution in [2.24, 2.45) is 14.1 Å². The minimum absolute atomic E-state index is 0.0124. The molecule has 0 spiro atoms. The van der Waals surface area contributed by atoms with E-state index in [2.05, 4.69) is 27.0 Å². The van der Waals surface area contributed by atoms with Crippen molar-refractivity contribution in [3.63, 3.8) is 0 Å². The Hall–Kier alpha value is -2.23. The first-order chi connectivity index (χ1) is 14.4. The summed E-state index contributed by atoms with van der Waals surface area (Å²) in [5.74, 6) is 0.0124. The average molecular weight is 416 g/mol. The number of aryl methyl sites for hydroxylation is 3. The molecule has 164 valence electrons. The van der Waals surface area contributed by atoms with Crippen molar-refractivity contribution in [2.75, 3.05) is 52.9 Å². The van der Waals surface area contributed by atoms with E-state index < -0.39 is 0 Å². The van der Waals surface area contributed by atoms with Gasteiger partial charge in [0.15, 0.2) is 0 Å². The Morgan fingerprint density at radius 1 is 1.10 bits per heavy atom. The Morgan fingerprint density at radius 2 is 1.93 bits per heavy atom. The molecule has 2 aromatic rings. The summed E-state index contributed by atoms with van der Waals surface area (Å²) >= 11 is 0. The van der Waals surface area contributed by atoms with E-state index in [0.717, 1.165) is 50.4 Å². The van der Waals surface area contributed by atoms with E-state index in [0.29, 0.717) is 18.7 Å². The Morgan fingerprint density at radius 3 is 2.63 bits per heavy atom. The fourth-order valence-electron chi connectivity index (χ4n) is 4.60. The minimum atomic E-state index is -0.166. The normalized spacial score (nSPS) is 24.2. The standard InChI is InChI=1S/C21H33N7O2/c1-16-18(14-26(4)23-16)21(29)28-10-11-30-19(20(28)17-12-22-25(3)13-17)15-27-7-5-6-24(2)8-9-27/h12-14,19-20H,5-11,15H2,1-4H3/t19-,20-/m0/s1.